The molecule has 0 aliphatic carbocycles. The van der Waals surface area contributed by atoms with Gasteiger partial charge in [0.25, 0.3) is 0 Å². The molecule has 1 aromatic carbocycles. The summed E-state index contributed by atoms with van der Waals surface area (Å²) in [6.45, 7) is 5.78. The number of hydrogen-bond acceptors (Lipinski definition) is 1. The van der Waals surface area contributed by atoms with E-state index in [1.165, 1.54) is 5.56 Å². The minimum atomic E-state index is 0.164. The Balaban J connectivity index is 2.87. The highest BCUT2D eigenvalue weighted by molar-refractivity contribution is 6.19. The molecular weight excluding hydrogens is 232 g/mol. The first-order valence-electron chi connectivity index (χ1n) is 5.50. The van der Waals surface area contributed by atoms with Crippen LogP contribution in [0.2, 0.25) is 0 Å². The van der Waals surface area contributed by atoms with Crippen molar-refractivity contribution in [3.63, 3.8) is 0 Å². The van der Waals surface area contributed by atoms with Gasteiger partial charge in [0.15, 0.2) is 0 Å². The monoisotopic (exact) mass is 248 g/mol. The molecule has 0 bridgehead atoms. The van der Waals surface area contributed by atoms with Gasteiger partial charge in [-0.25, -0.2) is 0 Å². The summed E-state index contributed by atoms with van der Waals surface area (Å²) in [4.78, 5) is 0. The highest BCUT2D eigenvalue weighted by atomic mass is 35.5. The Morgan fingerprint density at radius 1 is 1.41 bits per heavy atom. The third-order valence-corrected chi connectivity index (χ3v) is 2.90. The fourth-order valence-electron chi connectivity index (χ4n) is 1.61. The molecule has 17 heavy (non-hydrogen) atoms. The van der Waals surface area contributed by atoms with Crippen molar-refractivity contribution in [3.8, 4) is 17.6 Å². The van der Waals surface area contributed by atoms with E-state index in [-0.39, 0.29) is 5.92 Å². The van der Waals surface area contributed by atoms with Crippen molar-refractivity contribution in [3.05, 3.63) is 42.0 Å². The van der Waals surface area contributed by atoms with Gasteiger partial charge in [-0.15, -0.1) is 17.5 Å². The number of hydrogen-bond donors (Lipinski definition) is 0. The summed E-state index contributed by atoms with van der Waals surface area (Å²) in [5.74, 6) is 7.65. The minimum absolute atomic E-state index is 0.164. The molecule has 0 heterocycles. The van der Waals surface area contributed by atoms with Gasteiger partial charge in [0.05, 0.1) is 7.11 Å². The highest BCUT2D eigenvalue weighted by Gasteiger charge is 2.10. The van der Waals surface area contributed by atoms with Gasteiger partial charge in [-0.2, -0.15) is 0 Å². The predicted octanol–water partition coefficient (Wildman–Crippen LogP) is 3.99. The Morgan fingerprint density at radius 3 is 2.53 bits per heavy atom. The largest absolute Gasteiger partial charge is 0.497 e. The van der Waals surface area contributed by atoms with E-state index >= 15 is 0 Å². The minimum Gasteiger partial charge on any atom is -0.497 e. The topological polar surface area (TPSA) is 9.23 Å². The SMILES string of the molecule is C=C(CCl)CC(C#CC)c1ccc(OC)cc1. The van der Waals surface area contributed by atoms with Crippen LogP contribution >= 0.6 is 11.6 Å². The lowest BCUT2D eigenvalue weighted by Gasteiger charge is -2.12. The van der Waals surface area contributed by atoms with E-state index in [4.69, 9.17) is 16.3 Å². The van der Waals surface area contributed by atoms with Crippen LogP contribution in [-0.4, -0.2) is 13.0 Å². The summed E-state index contributed by atoms with van der Waals surface area (Å²) in [6.07, 6.45) is 0.802. The smallest absolute Gasteiger partial charge is 0.118 e. The molecule has 0 radical (unpaired) electrons. The Kier molecular flexibility index (Phi) is 5.66. The van der Waals surface area contributed by atoms with Crippen LogP contribution in [0.1, 0.15) is 24.8 Å². The van der Waals surface area contributed by atoms with Gasteiger partial charge in [0, 0.05) is 11.8 Å². The summed E-state index contributed by atoms with van der Waals surface area (Å²) >= 11 is 5.76. The lowest BCUT2D eigenvalue weighted by Crippen LogP contribution is -1.99. The molecule has 1 atom stereocenters. The predicted molar refractivity (Wildman–Crippen MR) is 73.7 cm³/mol. The molecule has 0 aliphatic heterocycles. The van der Waals surface area contributed by atoms with Gasteiger partial charge >= 0.3 is 0 Å². The van der Waals surface area contributed by atoms with E-state index in [2.05, 4.69) is 18.4 Å². The van der Waals surface area contributed by atoms with Crippen molar-refractivity contribution in [1.82, 2.24) is 0 Å². The second-order valence-corrected chi connectivity index (χ2v) is 4.08. The van der Waals surface area contributed by atoms with Crippen LogP contribution in [0.25, 0.3) is 0 Å². The van der Waals surface area contributed by atoms with Gasteiger partial charge in [-0.3, -0.25) is 0 Å². The average Bonchev–Trinajstić information content (AvgIpc) is 2.38. The molecule has 0 aromatic heterocycles. The molecule has 2 heteroatoms. The number of benzene rings is 1. The fourth-order valence-corrected chi connectivity index (χ4v) is 1.72. The van der Waals surface area contributed by atoms with Gasteiger partial charge in [-0.1, -0.05) is 30.2 Å². The number of rotatable bonds is 5. The lowest BCUT2D eigenvalue weighted by molar-refractivity contribution is 0.414. The molecule has 1 rings (SSSR count). The van der Waals surface area contributed by atoms with Crippen LogP contribution in [0, 0.1) is 11.8 Å². The van der Waals surface area contributed by atoms with Gasteiger partial charge in [0.2, 0.25) is 0 Å². The van der Waals surface area contributed by atoms with Crippen LogP contribution in [0.5, 0.6) is 5.75 Å². The first-order valence-corrected chi connectivity index (χ1v) is 6.03. The van der Waals surface area contributed by atoms with Crippen LogP contribution in [0.15, 0.2) is 36.4 Å². The van der Waals surface area contributed by atoms with Crippen molar-refractivity contribution in [2.45, 2.75) is 19.3 Å². The summed E-state index contributed by atoms with van der Waals surface area (Å²) in [6, 6.07) is 7.97. The Bertz CT molecular complexity index is 422. The second-order valence-electron chi connectivity index (χ2n) is 3.81. The molecular formula is C15H17ClO. The summed E-state index contributed by atoms with van der Waals surface area (Å²) in [5.41, 5.74) is 2.18. The van der Waals surface area contributed by atoms with Gasteiger partial charge < -0.3 is 4.74 Å². The maximum Gasteiger partial charge on any atom is 0.118 e. The summed E-state index contributed by atoms with van der Waals surface area (Å²) in [7, 11) is 1.66. The first-order chi connectivity index (χ1) is 8.21. The Morgan fingerprint density at radius 2 is 2.06 bits per heavy atom. The van der Waals surface area contributed by atoms with Gasteiger partial charge in [0.1, 0.15) is 5.75 Å². The van der Waals surface area contributed by atoms with Crippen LogP contribution < -0.4 is 4.74 Å². The molecule has 0 fully saturated rings. The molecule has 1 aromatic rings. The number of allylic oxidation sites excluding steroid dienone is 1. The molecule has 0 amide bonds. The molecule has 1 nitrogen and oxygen atoms in total. The third kappa shape index (κ3) is 4.17. The van der Waals surface area contributed by atoms with Crippen molar-refractivity contribution in [2.75, 3.05) is 13.0 Å². The first kappa shape index (κ1) is 13.7. The molecule has 0 aliphatic rings. The van der Waals surface area contributed by atoms with Crippen molar-refractivity contribution in [2.24, 2.45) is 0 Å². The van der Waals surface area contributed by atoms with E-state index in [1.54, 1.807) is 7.11 Å². The van der Waals surface area contributed by atoms with E-state index in [0.717, 1.165) is 17.7 Å². The number of halogens is 1. The number of methoxy groups -OCH3 is 1. The van der Waals surface area contributed by atoms with Gasteiger partial charge in [-0.05, 0) is 31.0 Å². The molecule has 0 saturated carbocycles. The zero-order valence-corrected chi connectivity index (χ0v) is 11.1. The zero-order valence-electron chi connectivity index (χ0n) is 10.3. The molecule has 0 spiro atoms. The summed E-state index contributed by atoms with van der Waals surface area (Å²) < 4.78 is 5.14. The van der Waals surface area contributed by atoms with Crippen LogP contribution in [-0.2, 0) is 0 Å². The zero-order chi connectivity index (χ0) is 12.7. The van der Waals surface area contributed by atoms with E-state index in [9.17, 15) is 0 Å². The lowest BCUT2D eigenvalue weighted by atomic mass is 9.93. The number of alkyl halides is 1. The molecule has 1 unspecified atom stereocenters. The van der Waals surface area contributed by atoms with Crippen molar-refractivity contribution in [1.29, 1.82) is 0 Å². The average molecular weight is 249 g/mol. The van der Waals surface area contributed by atoms with Crippen molar-refractivity contribution < 1.29 is 4.74 Å². The maximum atomic E-state index is 5.76. The highest BCUT2D eigenvalue weighted by Crippen LogP contribution is 2.24. The standard InChI is InChI=1S/C15H17ClO/c1-4-5-14(10-12(2)11-16)13-6-8-15(17-3)9-7-13/h6-9,14H,2,10-11H2,1,3H3. The maximum absolute atomic E-state index is 5.76. The molecule has 0 N–H and O–H groups in total. The van der Waals surface area contributed by atoms with Crippen LogP contribution in [0.3, 0.4) is 0 Å². The molecule has 90 valence electrons. The van der Waals surface area contributed by atoms with Crippen molar-refractivity contribution >= 4 is 11.6 Å². The molecule has 0 saturated heterocycles. The summed E-state index contributed by atoms with van der Waals surface area (Å²) in [5, 5.41) is 0. The Labute approximate surface area is 108 Å². The van der Waals surface area contributed by atoms with E-state index in [1.807, 2.05) is 31.2 Å². The second kappa shape index (κ2) is 7.04. The third-order valence-electron chi connectivity index (χ3n) is 2.52. The normalized spacial score (nSPS) is 11.2. The Hall–Kier alpha value is -1.39. The number of ether oxygens (including phenoxy) is 1. The quantitative estimate of drug-likeness (QED) is 0.435. The van der Waals surface area contributed by atoms with E-state index in [0.29, 0.717) is 5.88 Å². The fraction of sp³-hybridized carbons (Fsp3) is 0.333. The van der Waals surface area contributed by atoms with E-state index < -0.39 is 0 Å². The van der Waals surface area contributed by atoms with Crippen LogP contribution in [0.4, 0.5) is 0 Å².